The van der Waals surface area contributed by atoms with Gasteiger partial charge >= 0.3 is 0 Å². The van der Waals surface area contributed by atoms with Gasteiger partial charge in [0.2, 0.25) is 0 Å². The summed E-state index contributed by atoms with van der Waals surface area (Å²) in [6.45, 7) is 17.1. The molecule has 12 heavy (non-hydrogen) atoms. The Morgan fingerprint density at radius 2 is 1.17 bits per heavy atom. The fraction of sp³-hybridized carbons (Fsp3) is 1.00. The van der Waals surface area contributed by atoms with Crippen LogP contribution in [0.25, 0.3) is 0 Å². The van der Waals surface area contributed by atoms with E-state index in [1.807, 2.05) is 0 Å². The summed E-state index contributed by atoms with van der Waals surface area (Å²) in [5, 5.41) is 0. The molecule has 0 bridgehead atoms. The summed E-state index contributed by atoms with van der Waals surface area (Å²) in [6, 6.07) is 0. The SMILES string of the molecule is CCCN(C(C)(C)C)C(C)(C)C. The van der Waals surface area contributed by atoms with Crippen LogP contribution in [0, 0.1) is 0 Å². The van der Waals surface area contributed by atoms with E-state index in [0.717, 1.165) is 0 Å². The van der Waals surface area contributed by atoms with E-state index < -0.39 is 0 Å². The van der Waals surface area contributed by atoms with Gasteiger partial charge in [-0.25, -0.2) is 0 Å². The molecule has 0 atom stereocenters. The topological polar surface area (TPSA) is 3.24 Å². The van der Waals surface area contributed by atoms with Gasteiger partial charge in [0, 0.05) is 11.1 Å². The maximum absolute atomic E-state index is 2.56. The van der Waals surface area contributed by atoms with Crippen molar-refractivity contribution >= 4 is 0 Å². The summed E-state index contributed by atoms with van der Waals surface area (Å²) in [5.74, 6) is 0. The Labute approximate surface area is 78.1 Å². The molecule has 0 amide bonds. The van der Waals surface area contributed by atoms with E-state index in [1.165, 1.54) is 13.0 Å². The third-order valence-electron chi connectivity index (χ3n) is 2.07. The molecule has 0 saturated heterocycles. The second-order valence-electron chi connectivity index (χ2n) is 5.49. The van der Waals surface area contributed by atoms with E-state index in [4.69, 9.17) is 0 Å². The predicted octanol–water partition coefficient (Wildman–Crippen LogP) is 3.30. The molecule has 0 rings (SSSR count). The maximum atomic E-state index is 2.56. The molecule has 0 aliphatic carbocycles. The average Bonchev–Trinajstić information content (AvgIpc) is 1.77. The van der Waals surface area contributed by atoms with Crippen molar-refractivity contribution in [1.29, 1.82) is 0 Å². The Kier molecular flexibility index (Phi) is 3.77. The fourth-order valence-corrected chi connectivity index (χ4v) is 1.90. The van der Waals surface area contributed by atoms with Crippen LogP contribution in [0.4, 0.5) is 0 Å². The molecule has 1 nitrogen and oxygen atoms in total. The Morgan fingerprint density at radius 1 is 0.833 bits per heavy atom. The zero-order valence-corrected chi connectivity index (χ0v) is 9.86. The first-order valence-corrected chi connectivity index (χ1v) is 4.97. The summed E-state index contributed by atoms with van der Waals surface area (Å²) in [4.78, 5) is 2.56. The van der Waals surface area contributed by atoms with Crippen LogP contribution in [0.3, 0.4) is 0 Å². The fourth-order valence-electron chi connectivity index (χ4n) is 1.90. The number of hydrogen-bond donors (Lipinski definition) is 0. The molecular formula is C11H25N. The molecule has 0 aromatic heterocycles. The molecule has 1 heteroatoms. The van der Waals surface area contributed by atoms with Gasteiger partial charge in [0.05, 0.1) is 0 Å². The number of rotatable bonds is 2. The second-order valence-corrected chi connectivity index (χ2v) is 5.49. The van der Waals surface area contributed by atoms with Gasteiger partial charge in [-0.1, -0.05) is 6.92 Å². The molecule has 0 saturated carbocycles. The van der Waals surface area contributed by atoms with Crippen LogP contribution in [-0.4, -0.2) is 22.5 Å². The van der Waals surface area contributed by atoms with Gasteiger partial charge in [-0.2, -0.15) is 0 Å². The standard InChI is InChI=1S/C11H25N/c1-8-9-12(10(2,3)4)11(5,6)7/h8-9H2,1-7H3. The third-order valence-corrected chi connectivity index (χ3v) is 2.07. The zero-order chi connectivity index (χ0) is 9.99. The van der Waals surface area contributed by atoms with E-state index in [0.29, 0.717) is 0 Å². The van der Waals surface area contributed by atoms with Gasteiger partial charge in [-0.05, 0) is 54.5 Å². The Morgan fingerprint density at radius 3 is 1.25 bits per heavy atom. The van der Waals surface area contributed by atoms with Crippen molar-refractivity contribution < 1.29 is 0 Å². The first-order valence-electron chi connectivity index (χ1n) is 4.97. The first-order chi connectivity index (χ1) is 5.19. The molecule has 0 fully saturated rings. The van der Waals surface area contributed by atoms with Gasteiger partial charge in [0.1, 0.15) is 0 Å². The second kappa shape index (κ2) is 3.78. The highest BCUT2D eigenvalue weighted by molar-refractivity contribution is 4.86. The Bertz CT molecular complexity index is 111. The van der Waals surface area contributed by atoms with Crippen LogP contribution in [0.15, 0.2) is 0 Å². The molecule has 0 spiro atoms. The largest absolute Gasteiger partial charge is 0.294 e. The first kappa shape index (κ1) is 12.0. The van der Waals surface area contributed by atoms with Gasteiger partial charge in [0.25, 0.3) is 0 Å². The van der Waals surface area contributed by atoms with Crippen LogP contribution < -0.4 is 0 Å². The molecule has 0 radical (unpaired) electrons. The minimum atomic E-state index is 0.286. The van der Waals surface area contributed by atoms with Crippen molar-refractivity contribution in [3.05, 3.63) is 0 Å². The normalized spacial score (nSPS) is 14.0. The van der Waals surface area contributed by atoms with Gasteiger partial charge < -0.3 is 0 Å². The van der Waals surface area contributed by atoms with Gasteiger partial charge in [-0.15, -0.1) is 0 Å². The van der Waals surface area contributed by atoms with E-state index in [9.17, 15) is 0 Å². The minimum Gasteiger partial charge on any atom is -0.294 e. The van der Waals surface area contributed by atoms with Crippen molar-refractivity contribution in [3.63, 3.8) is 0 Å². The van der Waals surface area contributed by atoms with Crippen LogP contribution >= 0.6 is 0 Å². The minimum absolute atomic E-state index is 0.286. The monoisotopic (exact) mass is 171 g/mol. The van der Waals surface area contributed by atoms with Crippen molar-refractivity contribution in [2.24, 2.45) is 0 Å². The Hall–Kier alpha value is -0.0400. The molecule has 0 heterocycles. The number of hydrogen-bond acceptors (Lipinski definition) is 1. The molecule has 74 valence electrons. The quantitative estimate of drug-likeness (QED) is 0.616. The predicted molar refractivity (Wildman–Crippen MR) is 56.5 cm³/mol. The lowest BCUT2D eigenvalue weighted by Gasteiger charge is -2.45. The Balaban J connectivity index is 4.45. The molecule has 0 aliphatic rings. The summed E-state index contributed by atoms with van der Waals surface area (Å²) in [7, 11) is 0. The molecular weight excluding hydrogens is 146 g/mol. The van der Waals surface area contributed by atoms with E-state index in [2.05, 4.69) is 53.4 Å². The summed E-state index contributed by atoms with van der Waals surface area (Å²) >= 11 is 0. The smallest absolute Gasteiger partial charge is 0.0130 e. The summed E-state index contributed by atoms with van der Waals surface area (Å²) in [5.41, 5.74) is 0.572. The van der Waals surface area contributed by atoms with Crippen molar-refractivity contribution in [3.8, 4) is 0 Å². The lowest BCUT2D eigenvalue weighted by molar-refractivity contribution is 0.0387. The molecule has 0 unspecified atom stereocenters. The van der Waals surface area contributed by atoms with Crippen molar-refractivity contribution in [2.75, 3.05) is 6.54 Å². The highest BCUT2D eigenvalue weighted by Gasteiger charge is 2.30. The zero-order valence-electron chi connectivity index (χ0n) is 9.86. The van der Waals surface area contributed by atoms with E-state index in [-0.39, 0.29) is 11.1 Å². The lowest BCUT2D eigenvalue weighted by Crippen LogP contribution is -2.52. The van der Waals surface area contributed by atoms with Crippen molar-refractivity contribution in [1.82, 2.24) is 4.90 Å². The third kappa shape index (κ3) is 3.57. The van der Waals surface area contributed by atoms with Crippen LogP contribution in [0.2, 0.25) is 0 Å². The van der Waals surface area contributed by atoms with Crippen molar-refractivity contribution in [2.45, 2.75) is 66.0 Å². The summed E-state index contributed by atoms with van der Waals surface area (Å²) in [6.07, 6.45) is 1.23. The van der Waals surface area contributed by atoms with E-state index >= 15 is 0 Å². The average molecular weight is 171 g/mol. The van der Waals surface area contributed by atoms with Crippen LogP contribution in [0.1, 0.15) is 54.9 Å². The number of nitrogens with zero attached hydrogens (tertiary/aromatic N) is 1. The molecule has 0 aromatic rings. The highest BCUT2D eigenvalue weighted by atomic mass is 15.2. The van der Waals surface area contributed by atoms with Crippen LogP contribution in [-0.2, 0) is 0 Å². The van der Waals surface area contributed by atoms with Gasteiger partial charge in [-0.3, -0.25) is 4.90 Å². The molecule has 0 N–H and O–H groups in total. The van der Waals surface area contributed by atoms with Crippen LogP contribution in [0.5, 0.6) is 0 Å². The summed E-state index contributed by atoms with van der Waals surface area (Å²) < 4.78 is 0. The molecule has 0 aliphatic heterocycles. The maximum Gasteiger partial charge on any atom is 0.0130 e. The molecule has 0 aromatic carbocycles. The van der Waals surface area contributed by atoms with E-state index in [1.54, 1.807) is 0 Å². The lowest BCUT2D eigenvalue weighted by atomic mass is 9.96. The van der Waals surface area contributed by atoms with Gasteiger partial charge in [0.15, 0.2) is 0 Å². The highest BCUT2D eigenvalue weighted by Crippen LogP contribution is 2.24.